The van der Waals surface area contributed by atoms with Gasteiger partial charge in [-0.15, -0.1) is 0 Å². The van der Waals surface area contributed by atoms with Crippen LogP contribution in [0.1, 0.15) is 66.2 Å². The Balaban J connectivity index is 0.000000195. The quantitative estimate of drug-likeness (QED) is 0.304. The van der Waals surface area contributed by atoms with Crippen molar-refractivity contribution in [1.82, 2.24) is 3.30 Å². The number of hydrogen-bond acceptors (Lipinski definition) is 1. The van der Waals surface area contributed by atoms with Crippen LogP contribution in [0.5, 0.6) is 0 Å². The van der Waals surface area contributed by atoms with E-state index in [1.807, 2.05) is 15.5 Å². The molecule has 3 atom stereocenters. The molecule has 0 saturated heterocycles. The molecule has 1 nitrogen and oxygen atoms in total. The van der Waals surface area contributed by atoms with Crippen molar-refractivity contribution in [3.8, 4) is 11.1 Å². The molecule has 0 heterocycles. The summed E-state index contributed by atoms with van der Waals surface area (Å²) in [5.74, 6) is 7.23. The maximum atomic E-state index is 15.4. The zero-order valence-electron chi connectivity index (χ0n) is 23.7. The van der Waals surface area contributed by atoms with Gasteiger partial charge in [0.15, 0.2) is 0 Å². The number of allylic oxidation sites excluding steroid dienone is 4. The number of halogens is 1. The molecule has 0 aliphatic heterocycles. The molecule has 0 spiro atoms. The minimum Gasteiger partial charge on any atom is -0.0622 e. The van der Waals surface area contributed by atoms with E-state index >= 15 is 4.39 Å². The van der Waals surface area contributed by atoms with Gasteiger partial charge in [-0.3, -0.25) is 0 Å². The Bertz CT molecular complexity index is 1120. The van der Waals surface area contributed by atoms with Gasteiger partial charge in [-0.05, 0) is 11.1 Å². The second-order valence-corrected chi connectivity index (χ2v) is 55.0. The average Bonchev–Trinajstić information content (AvgIpc) is 3.05. The summed E-state index contributed by atoms with van der Waals surface area (Å²) in [6, 6.07) is 20.8. The molecule has 4 heteroatoms. The molecule has 2 aromatic carbocycles. The predicted molar refractivity (Wildman–Crippen MR) is 155 cm³/mol. The van der Waals surface area contributed by atoms with Crippen molar-refractivity contribution in [3.63, 3.8) is 0 Å². The Labute approximate surface area is 234 Å². The smallest absolute Gasteiger partial charge is 0.0184 e. The number of rotatable bonds is 5. The van der Waals surface area contributed by atoms with E-state index in [1.54, 1.807) is 16.7 Å². The van der Waals surface area contributed by atoms with Crippen molar-refractivity contribution < 1.29 is 23.6 Å². The molecule has 5 aliphatic carbocycles. The predicted octanol–water partition coefficient (Wildman–Crippen LogP) is 8.77. The van der Waals surface area contributed by atoms with Gasteiger partial charge < -0.3 is 0 Å². The summed E-state index contributed by atoms with van der Waals surface area (Å²) in [6.45, 7) is 9.49. The molecule has 37 heavy (non-hydrogen) atoms. The first-order valence-corrected chi connectivity index (χ1v) is 34.9. The summed E-state index contributed by atoms with van der Waals surface area (Å²) in [7, 11) is -1.25. The van der Waals surface area contributed by atoms with Gasteiger partial charge in [-0.25, -0.2) is 0 Å². The summed E-state index contributed by atoms with van der Waals surface area (Å²) >= 11 is -2.04. The van der Waals surface area contributed by atoms with Crippen LogP contribution >= 0.6 is 0 Å². The van der Waals surface area contributed by atoms with E-state index in [0.717, 1.165) is 19.3 Å². The van der Waals surface area contributed by atoms with Crippen LogP contribution in [0.3, 0.4) is 0 Å². The van der Waals surface area contributed by atoms with Crippen molar-refractivity contribution in [3.05, 3.63) is 80.7 Å². The zero-order chi connectivity index (χ0) is 26.4. The molecule has 1 N–H and O–H groups in total. The van der Waals surface area contributed by atoms with E-state index in [9.17, 15) is 0 Å². The zero-order valence-corrected chi connectivity index (χ0v) is 29.7. The Hall–Kier alpha value is -0.777. The molecule has 3 unspecified atom stereocenters. The van der Waals surface area contributed by atoms with E-state index in [-0.39, 0.29) is 5.54 Å². The molecule has 4 fully saturated rings. The van der Waals surface area contributed by atoms with E-state index in [2.05, 4.69) is 91.0 Å². The van der Waals surface area contributed by atoms with Crippen LogP contribution in [0, 0.1) is 17.8 Å². The third-order valence-electron chi connectivity index (χ3n) is 9.78. The van der Waals surface area contributed by atoms with Crippen LogP contribution in [-0.4, -0.2) is 21.8 Å². The van der Waals surface area contributed by atoms with Crippen molar-refractivity contribution in [2.24, 2.45) is 17.8 Å². The second kappa shape index (κ2) is 11.0. The molecule has 0 radical (unpaired) electrons. The van der Waals surface area contributed by atoms with Crippen LogP contribution in [-0.2, 0) is 19.2 Å². The second-order valence-electron chi connectivity index (χ2n) is 12.9. The summed E-state index contributed by atoms with van der Waals surface area (Å²) < 4.78 is 21.7. The molecule has 0 aromatic heterocycles. The Morgan fingerprint density at radius 2 is 1.32 bits per heavy atom. The Kier molecular flexibility index (Phi) is 8.26. The van der Waals surface area contributed by atoms with Gasteiger partial charge in [-0.2, -0.15) is 0 Å². The van der Waals surface area contributed by atoms with Crippen LogP contribution in [0.25, 0.3) is 11.1 Å². The van der Waals surface area contributed by atoms with Crippen molar-refractivity contribution in [1.29, 1.82) is 0 Å². The number of hydrogen-bond donors (Lipinski definition) is 1. The van der Waals surface area contributed by atoms with Crippen LogP contribution in [0.2, 0.25) is 11.5 Å². The molecule has 4 saturated carbocycles. The Morgan fingerprint density at radius 1 is 0.811 bits per heavy atom. The fourth-order valence-electron chi connectivity index (χ4n) is 8.17. The third-order valence-corrected chi connectivity index (χ3v) is 49.4. The standard InChI is InChI=1S/C12H10.C10H15FN.C9H13.C2H7Ge.Hf/c1-3-7-11(8-4-1)12-9-5-2-6-10-12;11-9-2-7-1-8(3-9)5-10(12,4-7)6-9;1-6-5-7(2)9(4)8(6)3;1-3-2;/h1-10H;7-8,12H,1-6H2;6H,1-4H3;3H,1-2H3;/q;-1;;;+1. The van der Waals surface area contributed by atoms with Crippen molar-refractivity contribution >= 4 is 10.6 Å². The van der Waals surface area contributed by atoms with Crippen LogP contribution in [0.15, 0.2) is 80.7 Å². The van der Waals surface area contributed by atoms with Crippen molar-refractivity contribution in [2.75, 3.05) is 0 Å². The maximum absolute atomic E-state index is 15.4. The summed E-state index contributed by atoms with van der Waals surface area (Å²) in [5.41, 5.74) is 6.70. The van der Waals surface area contributed by atoms with Gasteiger partial charge in [0, 0.05) is 0 Å². The monoisotopic (exact) mass is 728 g/mol. The molecular weight excluding hydrogens is 680 g/mol. The SMILES string of the molecule is CC1=C(C)C(C)[C]([Hf]([NH]C23CC4CC(CC(F)(C4)C2)C3)[GeH]([CH3])[CH3])=C1C.c1ccc(-c2ccccc2)cc1. The maximum Gasteiger partial charge on any atom is -0.0184 e. The van der Waals surface area contributed by atoms with Gasteiger partial charge in [0.05, 0.1) is 0 Å². The topological polar surface area (TPSA) is 12.0 Å². The first-order chi connectivity index (χ1) is 17.6. The Morgan fingerprint density at radius 3 is 1.73 bits per heavy atom. The van der Waals surface area contributed by atoms with Gasteiger partial charge in [-0.1, -0.05) is 60.7 Å². The molecule has 2 aromatic rings. The fourth-order valence-corrected chi connectivity index (χ4v) is 48.5. The number of nitrogens with one attached hydrogen (secondary N) is 1. The minimum absolute atomic E-state index is 0.188. The molecule has 197 valence electrons. The minimum atomic E-state index is -2.04. The summed E-state index contributed by atoms with van der Waals surface area (Å²) in [4.78, 5) is 0. The molecular formula is C33H45FGeHfN. The first-order valence-electron chi connectivity index (χ1n) is 14.4. The largest absolute Gasteiger partial charge is 0.0622 e. The van der Waals surface area contributed by atoms with Gasteiger partial charge in [0.1, 0.15) is 0 Å². The molecule has 5 aliphatic rings. The number of benzene rings is 2. The average molecular weight is 726 g/mol. The first kappa shape index (κ1) is 27.8. The fraction of sp³-hybridized carbons (Fsp3) is 0.515. The number of alkyl halides is 1. The summed E-state index contributed by atoms with van der Waals surface area (Å²) in [6.07, 6.45) is 6.45. The molecule has 0 amide bonds. The summed E-state index contributed by atoms with van der Waals surface area (Å²) in [5, 5.41) is 0. The van der Waals surface area contributed by atoms with Gasteiger partial charge in [0.2, 0.25) is 0 Å². The normalized spacial score (nSPS) is 32.2. The van der Waals surface area contributed by atoms with E-state index in [0.29, 0.717) is 17.8 Å². The molecule has 7 rings (SSSR count). The van der Waals surface area contributed by atoms with Crippen molar-refractivity contribution in [2.45, 2.75) is 88.9 Å². The van der Waals surface area contributed by atoms with E-state index < -0.39 is 35.5 Å². The van der Waals surface area contributed by atoms with E-state index in [4.69, 9.17) is 0 Å². The van der Waals surface area contributed by atoms with E-state index in [1.165, 1.54) is 30.4 Å². The van der Waals surface area contributed by atoms with Crippen LogP contribution in [0.4, 0.5) is 4.39 Å². The van der Waals surface area contributed by atoms with Crippen LogP contribution < -0.4 is 3.30 Å². The third kappa shape index (κ3) is 5.75. The van der Waals surface area contributed by atoms with Gasteiger partial charge in [0.25, 0.3) is 0 Å². The van der Waals surface area contributed by atoms with Gasteiger partial charge >= 0.3 is 164 Å². The molecule has 4 bridgehead atoms.